The molecule has 1 aromatic carbocycles. The Morgan fingerprint density at radius 3 is 2.27 bits per heavy atom. The number of aliphatic hydroxyl groups is 2. The first kappa shape index (κ1) is 12.0. The molecular formula is C12H18O3. The molecule has 0 aromatic heterocycles. The second kappa shape index (κ2) is 6.43. The fraction of sp³-hybridized carbons (Fsp3) is 0.500. The zero-order chi connectivity index (χ0) is 11.1. The van der Waals surface area contributed by atoms with Crippen LogP contribution in [0.1, 0.15) is 24.3 Å². The van der Waals surface area contributed by atoms with Crippen molar-refractivity contribution in [1.82, 2.24) is 0 Å². The van der Waals surface area contributed by atoms with Gasteiger partial charge in [0.1, 0.15) is 5.75 Å². The van der Waals surface area contributed by atoms with Crippen LogP contribution < -0.4 is 4.74 Å². The monoisotopic (exact) mass is 210 g/mol. The van der Waals surface area contributed by atoms with Gasteiger partial charge in [-0.05, 0) is 30.4 Å². The molecule has 84 valence electrons. The summed E-state index contributed by atoms with van der Waals surface area (Å²) in [5.74, 6) is 0.987. The topological polar surface area (TPSA) is 49.7 Å². The summed E-state index contributed by atoms with van der Waals surface area (Å²) in [6.45, 7) is 0.255. The highest BCUT2D eigenvalue weighted by atomic mass is 16.5. The van der Waals surface area contributed by atoms with Crippen molar-refractivity contribution in [2.45, 2.75) is 18.8 Å². The normalized spacial score (nSPS) is 10.7. The summed E-state index contributed by atoms with van der Waals surface area (Å²) >= 11 is 0. The maximum atomic E-state index is 8.97. The minimum Gasteiger partial charge on any atom is -0.496 e. The number of methoxy groups -OCH3 is 1. The average Bonchev–Trinajstić information content (AvgIpc) is 2.29. The predicted octanol–water partition coefficient (Wildman–Crippen LogP) is 1.54. The second-order valence-electron chi connectivity index (χ2n) is 3.46. The Balaban J connectivity index is 2.88. The molecule has 0 unspecified atom stereocenters. The molecule has 1 rings (SSSR count). The molecule has 0 bridgehead atoms. The molecule has 0 saturated carbocycles. The van der Waals surface area contributed by atoms with Gasteiger partial charge in [0.2, 0.25) is 0 Å². The lowest BCUT2D eigenvalue weighted by atomic mass is 9.92. The van der Waals surface area contributed by atoms with Crippen LogP contribution in [0.25, 0.3) is 0 Å². The number of hydrogen-bond acceptors (Lipinski definition) is 3. The fourth-order valence-corrected chi connectivity index (χ4v) is 1.77. The lowest BCUT2D eigenvalue weighted by Gasteiger charge is -2.17. The Morgan fingerprint density at radius 2 is 1.73 bits per heavy atom. The second-order valence-corrected chi connectivity index (χ2v) is 3.46. The van der Waals surface area contributed by atoms with E-state index in [0.717, 1.165) is 11.3 Å². The smallest absolute Gasteiger partial charge is 0.122 e. The van der Waals surface area contributed by atoms with Crippen molar-refractivity contribution in [2.24, 2.45) is 0 Å². The third-order valence-electron chi connectivity index (χ3n) is 2.53. The first-order chi connectivity index (χ1) is 7.33. The molecule has 0 saturated heterocycles. The SMILES string of the molecule is COc1ccccc1C(CCO)CCO. The van der Waals surface area contributed by atoms with Gasteiger partial charge in [-0.1, -0.05) is 18.2 Å². The van der Waals surface area contributed by atoms with Gasteiger partial charge in [-0.25, -0.2) is 0 Å². The van der Waals surface area contributed by atoms with Crippen LogP contribution in [0.3, 0.4) is 0 Å². The van der Waals surface area contributed by atoms with E-state index in [1.54, 1.807) is 7.11 Å². The maximum absolute atomic E-state index is 8.97. The van der Waals surface area contributed by atoms with Gasteiger partial charge in [0.05, 0.1) is 7.11 Å². The van der Waals surface area contributed by atoms with Crippen LogP contribution in [0.15, 0.2) is 24.3 Å². The van der Waals surface area contributed by atoms with Gasteiger partial charge in [-0.15, -0.1) is 0 Å². The van der Waals surface area contributed by atoms with Crippen LogP contribution in [-0.4, -0.2) is 30.5 Å². The Hall–Kier alpha value is -1.06. The Bertz CT molecular complexity index is 280. The van der Waals surface area contributed by atoms with Gasteiger partial charge < -0.3 is 14.9 Å². The zero-order valence-corrected chi connectivity index (χ0v) is 9.02. The molecule has 0 radical (unpaired) electrons. The van der Waals surface area contributed by atoms with Crippen LogP contribution in [0, 0.1) is 0 Å². The largest absolute Gasteiger partial charge is 0.496 e. The van der Waals surface area contributed by atoms with Crippen LogP contribution in [0.5, 0.6) is 5.75 Å². The number of para-hydroxylation sites is 1. The molecule has 0 fully saturated rings. The highest BCUT2D eigenvalue weighted by molar-refractivity contribution is 5.36. The van der Waals surface area contributed by atoms with E-state index < -0.39 is 0 Å². The summed E-state index contributed by atoms with van der Waals surface area (Å²) in [5, 5.41) is 17.9. The molecule has 3 heteroatoms. The van der Waals surface area contributed by atoms with Crippen molar-refractivity contribution in [3.05, 3.63) is 29.8 Å². The number of ether oxygens (including phenoxy) is 1. The summed E-state index contributed by atoms with van der Waals surface area (Å²) in [4.78, 5) is 0. The van der Waals surface area contributed by atoms with E-state index in [9.17, 15) is 0 Å². The zero-order valence-electron chi connectivity index (χ0n) is 9.02. The molecule has 0 aliphatic heterocycles. The van der Waals surface area contributed by atoms with Crippen molar-refractivity contribution in [3.63, 3.8) is 0 Å². The van der Waals surface area contributed by atoms with E-state index in [2.05, 4.69) is 0 Å². The Morgan fingerprint density at radius 1 is 1.13 bits per heavy atom. The Kier molecular flexibility index (Phi) is 5.15. The fourth-order valence-electron chi connectivity index (χ4n) is 1.77. The van der Waals surface area contributed by atoms with E-state index in [1.165, 1.54) is 0 Å². The molecule has 0 spiro atoms. The standard InChI is InChI=1S/C12H18O3/c1-15-12-5-3-2-4-11(12)10(6-8-13)7-9-14/h2-5,10,13-14H,6-9H2,1H3. The van der Waals surface area contributed by atoms with E-state index in [-0.39, 0.29) is 19.1 Å². The third kappa shape index (κ3) is 3.22. The molecule has 0 aliphatic rings. The first-order valence-electron chi connectivity index (χ1n) is 5.18. The van der Waals surface area contributed by atoms with Gasteiger partial charge in [-0.3, -0.25) is 0 Å². The minimum absolute atomic E-state index is 0.128. The summed E-state index contributed by atoms with van der Waals surface area (Å²) in [6, 6.07) is 7.74. The third-order valence-corrected chi connectivity index (χ3v) is 2.53. The molecule has 0 heterocycles. The van der Waals surface area contributed by atoms with Crippen molar-refractivity contribution in [1.29, 1.82) is 0 Å². The highest BCUT2D eigenvalue weighted by Gasteiger charge is 2.14. The molecule has 1 aromatic rings. The van der Waals surface area contributed by atoms with Gasteiger partial charge in [0.15, 0.2) is 0 Å². The molecule has 0 amide bonds. The van der Waals surface area contributed by atoms with Gasteiger partial charge in [0, 0.05) is 13.2 Å². The number of rotatable bonds is 6. The molecule has 0 aliphatic carbocycles. The van der Waals surface area contributed by atoms with E-state index in [4.69, 9.17) is 14.9 Å². The van der Waals surface area contributed by atoms with Crippen molar-refractivity contribution < 1.29 is 14.9 Å². The quantitative estimate of drug-likeness (QED) is 0.749. The molecule has 15 heavy (non-hydrogen) atoms. The molecular weight excluding hydrogens is 192 g/mol. The number of benzene rings is 1. The van der Waals surface area contributed by atoms with Gasteiger partial charge >= 0.3 is 0 Å². The highest BCUT2D eigenvalue weighted by Crippen LogP contribution is 2.30. The van der Waals surface area contributed by atoms with Gasteiger partial charge in [-0.2, -0.15) is 0 Å². The van der Waals surface area contributed by atoms with Crippen molar-refractivity contribution in [2.75, 3.05) is 20.3 Å². The summed E-state index contributed by atoms with van der Waals surface area (Å²) in [7, 11) is 1.63. The Labute approximate surface area is 90.3 Å². The van der Waals surface area contributed by atoms with E-state index in [1.807, 2.05) is 24.3 Å². The summed E-state index contributed by atoms with van der Waals surface area (Å²) in [6.07, 6.45) is 1.31. The predicted molar refractivity (Wildman–Crippen MR) is 59.1 cm³/mol. The number of aliphatic hydroxyl groups excluding tert-OH is 2. The van der Waals surface area contributed by atoms with Crippen LogP contribution in [0.4, 0.5) is 0 Å². The van der Waals surface area contributed by atoms with Crippen LogP contribution in [-0.2, 0) is 0 Å². The van der Waals surface area contributed by atoms with Crippen molar-refractivity contribution in [3.8, 4) is 5.75 Å². The van der Waals surface area contributed by atoms with Crippen molar-refractivity contribution >= 4 is 0 Å². The van der Waals surface area contributed by atoms with Crippen LogP contribution >= 0.6 is 0 Å². The molecule has 3 nitrogen and oxygen atoms in total. The number of hydrogen-bond donors (Lipinski definition) is 2. The first-order valence-corrected chi connectivity index (χ1v) is 5.18. The molecule has 0 atom stereocenters. The van der Waals surface area contributed by atoms with Gasteiger partial charge in [0.25, 0.3) is 0 Å². The lowest BCUT2D eigenvalue weighted by molar-refractivity contribution is 0.240. The maximum Gasteiger partial charge on any atom is 0.122 e. The molecule has 2 N–H and O–H groups in total. The summed E-state index contributed by atoms with van der Waals surface area (Å²) in [5.41, 5.74) is 1.06. The lowest BCUT2D eigenvalue weighted by Crippen LogP contribution is -2.05. The minimum atomic E-state index is 0.128. The summed E-state index contributed by atoms with van der Waals surface area (Å²) < 4.78 is 5.26. The van der Waals surface area contributed by atoms with E-state index in [0.29, 0.717) is 12.8 Å². The van der Waals surface area contributed by atoms with Crippen LogP contribution in [0.2, 0.25) is 0 Å². The average molecular weight is 210 g/mol. The van der Waals surface area contributed by atoms with E-state index >= 15 is 0 Å².